The minimum atomic E-state index is 0.407. The summed E-state index contributed by atoms with van der Waals surface area (Å²) in [4.78, 5) is 0. The van der Waals surface area contributed by atoms with Crippen LogP contribution in [0.4, 0.5) is 0 Å². The van der Waals surface area contributed by atoms with Crippen molar-refractivity contribution in [2.75, 3.05) is 40.6 Å². The van der Waals surface area contributed by atoms with E-state index in [1.54, 1.807) is 14.2 Å². The molecule has 0 saturated carbocycles. The standard InChI is InChI=1S/C26H34O5/c1-27-23-7-3-19(4-8-23)21(15-25-17-30-25)11-13-29-14-12-22(16-26-18-31-26)20-5-9-24(28-2)10-6-20/h3-10,21-22,25-26H,11-18H2,1-2H3. The fourth-order valence-corrected chi connectivity index (χ4v) is 4.19. The predicted octanol–water partition coefficient (Wildman–Crippen LogP) is 4.95. The van der Waals surface area contributed by atoms with Crippen LogP contribution in [0.5, 0.6) is 11.5 Å². The second-order valence-corrected chi connectivity index (χ2v) is 8.51. The summed E-state index contributed by atoms with van der Waals surface area (Å²) in [5.41, 5.74) is 2.67. The number of hydrogen-bond donors (Lipinski definition) is 0. The summed E-state index contributed by atoms with van der Waals surface area (Å²) < 4.78 is 27.7. The first-order valence-corrected chi connectivity index (χ1v) is 11.3. The van der Waals surface area contributed by atoms with Crippen LogP contribution in [0.3, 0.4) is 0 Å². The smallest absolute Gasteiger partial charge is 0.118 e. The molecule has 2 fully saturated rings. The molecule has 4 atom stereocenters. The summed E-state index contributed by atoms with van der Waals surface area (Å²) in [7, 11) is 3.40. The van der Waals surface area contributed by atoms with Gasteiger partial charge in [0.05, 0.1) is 39.6 Å². The zero-order valence-corrected chi connectivity index (χ0v) is 18.6. The van der Waals surface area contributed by atoms with Crippen molar-refractivity contribution >= 4 is 0 Å². The van der Waals surface area contributed by atoms with E-state index in [0.29, 0.717) is 24.0 Å². The molecule has 0 N–H and O–H groups in total. The molecule has 5 nitrogen and oxygen atoms in total. The van der Waals surface area contributed by atoms with Crippen molar-refractivity contribution in [3.05, 3.63) is 59.7 Å². The average Bonchev–Trinajstić information content (AvgIpc) is 3.74. The van der Waals surface area contributed by atoms with Crippen molar-refractivity contribution in [1.29, 1.82) is 0 Å². The van der Waals surface area contributed by atoms with Crippen molar-refractivity contribution in [1.82, 2.24) is 0 Å². The molecule has 168 valence electrons. The largest absolute Gasteiger partial charge is 0.497 e. The highest BCUT2D eigenvalue weighted by atomic mass is 16.6. The lowest BCUT2D eigenvalue weighted by atomic mass is 9.91. The summed E-state index contributed by atoms with van der Waals surface area (Å²) in [5.74, 6) is 2.70. The van der Waals surface area contributed by atoms with Gasteiger partial charge in [0.15, 0.2) is 0 Å². The van der Waals surface area contributed by atoms with Crippen LogP contribution in [0.2, 0.25) is 0 Å². The third-order valence-electron chi connectivity index (χ3n) is 6.30. The molecule has 0 aromatic heterocycles. The van der Waals surface area contributed by atoms with E-state index in [-0.39, 0.29) is 0 Å². The summed E-state index contributed by atoms with van der Waals surface area (Å²) in [6, 6.07) is 16.8. The quantitative estimate of drug-likeness (QED) is 0.316. The van der Waals surface area contributed by atoms with Crippen molar-refractivity contribution in [2.24, 2.45) is 0 Å². The van der Waals surface area contributed by atoms with Crippen LogP contribution >= 0.6 is 0 Å². The maximum atomic E-state index is 6.10. The van der Waals surface area contributed by atoms with E-state index in [0.717, 1.165) is 63.6 Å². The third kappa shape index (κ3) is 6.96. The maximum Gasteiger partial charge on any atom is 0.118 e. The van der Waals surface area contributed by atoms with Gasteiger partial charge in [0.1, 0.15) is 11.5 Å². The Labute approximate surface area is 185 Å². The van der Waals surface area contributed by atoms with Crippen LogP contribution in [-0.2, 0) is 14.2 Å². The van der Waals surface area contributed by atoms with E-state index < -0.39 is 0 Å². The SMILES string of the molecule is COc1ccc(C(CCOCCC(CC2CO2)c2ccc(OC)cc2)CC2CO2)cc1. The third-order valence-corrected chi connectivity index (χ3v) is 6.30. The van der Waals surface area contributed by atoms with E-state index in [9.17, 15) is 0 Å². The molecule has 4 rings (SSSR count). The zero-order chi connectivity index (χ0) is 21.5. The maximum absolute atomic E-state index is 6.10. The molecule has 2 heterocycles. The van der Waals surface area contributed by atoms with Gasteiger partial charge < -0.3 is 23.7 Å². The topological polar surface area (TPSA) is 52.8 Å². The number of epoxide rings is 2. The van der Waals surface area contributed by atoms with E-state index in [1.165, 1.54) is 11.1 Å². The normalized spacial score (nSPS) is 21.4. The van der Waals surface area contributed by atoms with Crippen molar-refractivity contribution < 1.29 is 23.7 Å². The molecule has 2 aromatic rings. The Morgan fingerprint density at radius 2 is 1.10 bits per heavy atom. The molecule has 2 saturated heterocycles. The monoisotopic (exact) mass is 426 g/mol. The minimum Gasteiger partial charge on any atom is -0.497 e. The first-order chi connectivity index (χ1) is 15.2. The van der Waals surface area contributed by atoms with E-state index >= 15 is 0 Å². The van der Waals surface area contributed by atoms with Gasteiger partial charge in [-0.25, -0.2) is 0 Å². The van der Waals surface area contributed by atoms with Gasteiger partial charge >= 0.3 is 0 Å². The summed E-state index contributed by atoms with van der Waals surface area (Å²) in [5, 5.41) is 0. The van der Waals surface area contributed by atoms with Gasteiger partial charge in [-0.2, -0.15) is 0 Å². The van der Waals surface area contributed by atoms with E-state index in [2.05, 4.69) is 24.3 Å². The summed E-state index contributed by atoms with van der Waals surface area (Å²) in [6.07, 6.45) is 4.94. The van der Waals surface area contributed by atoms with Gasteiger partial charge in [0.2, 0.25) is 0 Å². The highest BCUT2D eigenvalue weighted by Crippen LogP contribution is 2.33. The molecule has 0 radical (unpaired) electrons. The predicted molar refractivity (Wildman–Crippen MR) is 120 cm³/mol. The van der Waals surface area contributed by atoms with Crippen LogP contribution < -0.4 is 9.47 Å². The second-order valence-electron chi connectivity index (χ2n) is 8.51. The van der Waals surface area contributed by atoms with E-state index in [4.69, 9.17) is 23.7 Å². The highest BCUT2D eigenvalue weighted by molar-refractivity contribution is 5.30. The average molecular weight is 427 g/mol. The van der Waals surface area contributed by atoms with Crippen LogP contribution in [0.25, 0.3) is 0 Å². The van der Waals surface area contributed by atoms with Gasteiger partial charge in [-0.05, 0) is 72.9 Å². The number of ether oxygens (including phenoxy) is 5. The number of benzene rings is 2. The number of rotatable bonds is 14. The number of methoxy groups -OCH3 is 2. The Balaban J connectivity index is 1.25. The molecule has 0 bridgehead atoms. The molecule has 0 aliphatic carbocycles. The van der Waals surface area contributed by atoms with Crippen molar-refractivity contribution in [2.45, 2.75) is 49.7 Å². The molecular formula is C26H34O5. The molecule has 0 spiro atoms. The van der Waals surface area contributed by atoms with Crippen LogP contribution in [-0.4, -0.2) is 52.9 Å². The van der Waals surface area contributed by atoms with Gasteiger partial charge in [-0.15, -0.1) is 0 Å². The molecule has 2 aliphatic heterocycles. The first kappa shape index (κ1) is 22.1. The Kier molecular flexibility index (Phi) is 7.84. The van der Waals surface area contributed by atoms with Gasteiger partial charge in [-0.3, -0.25) is 0 Å². The lowest BCUT2D eigenvalue weighted by molar-refractivity contribution is 0.117. The molecular weight excluding hydrogens is 392 g/mol. The fourth-order valence-electron chi connectivity index (χ4n) is 4.19. The Morgan fingerprint density at radius 3 is 1.42 bits per heavy atom. The van der Waals surface area contributed by atoms with Crippen molar-refractivity contribution in [3.63, 3.8) is 0 Å². The van der Waals surface area contributed by atoms with Gasteiger partial charge in [0.25, 0.3) is 0 Å². The van der Waals surface area contributed by atoms with Crippen molar-refractivity contribution in [3.8, 4) is 11.5 Å². The lowest BCUT2D eigenvalue weighted by Gasteiger charge is -2.19. The minimum absolute atomic E-state index is 0.407. The number of hydrogen-bond acceptors (Lipinski definition) is 5. The van der Waals surface area contributed by atoms with Gasteiger partial charge in [-0.1, -0.05) is 24.3 Å². The molecule has 0 amide bonds. The second kappa shape index (κ2) is 11.0. The Bertz CT molecular complexity index is 713. The highest BCUT2D eigenvalue weighted by Gasteiger charge is 2.28. The molecule has 2 aliphatic rings. The van der Waals surface area contributed by atoms with E-state index in [1.807, 2.05) is 24.3 Å². The summed E-state index contributed by atoms with van der Waals surface area (Å²) in [6.45, 7) is 3.30. The zero-order valence-electron chi connectivity index (χ0n) is 18.6. The van der Waals surface area contributed by atoms with Crippen LogP contribution in [0, 0.1) is 0 Å². The summed E-state index contributed by atoms with van der Waals surface area (Å²) >= 11 is 0. The van der Waals surface area contributed by atoms with Gasteiger partial charge in [0, 0.05) is 13.2 Å². The fraction of sp³-hybridized carbons (Fsp3) is 0.538. The molecule has 4 unspecified atom stereocenters. The van der Waals surface area contributed by atoms with Crippen LogP contribution in [0.15, 0.2) is 48.5 Å². The molecule has 2 aromatic carbocycles. The van der Waals surface area contributed by atoms with Crippen LogP contribution in [0.1, 0.15) is 48.6 Å². The molecule has 5 heteroatoms. The Morgan fingerprint density at radius 1 is 0.710 bits per heavy atom. The Hall–Kier alpha value is -2.08. The first-order valence-electron chi connectivity index (χ1n) is 11.3. The molecule has 31 heavy (non-hydrogen) atoms. The lowest BCUT2D eigenvalue weighted by Crippen LogP contribution is -2.10.